The van der Waals surface area contributed by atoms with Crippen LogP contribution in [0.15, 0.2) is 53.5 Å². The van der Waals surface area contributed by atoms with Crippen molar-refractivity contribution in [3.05, 3.63) is 64.9 Å². The lowest BCUT2D eigenvalue weighted by atomic mass is 9.99. The summed E-state index contributed by atoms with van der Waals surface area (Å²) < 4.78 is 13.0. The zero-order chi connectivity index (χ0) is 19.6. The summed E-state index contributed by atoms with van der Waals surface area (Å²) in [5.74, 6) is -3.00. The van der Waals surface area contributed by atoms with Crippen molar-refractivity contribution in [1.29, 1.82) is 0 Å². The number of anilines is 1. The highest BCUT2D eigenvalue weighted by atomic mass is 35.5. The molecule has 1 saturated heterocycles. The minimum Gasteiger partial charge on any atom is -0.288 e. The van der Waals surface area contributed by atoms with Gasteiger partial charge in [0.1, 0.15) is 5.82 Å². The molecule has 0 spiro atoms. The highest BCUT2D eigenvalue weighted by molar-refractivity contribution is 6.35. The molecule has 0 saturated carbocycles. The van der Waals surface area contributed by atoms with Gasteiger partial charge in [0.2, 0.25) is 5.91 Å². The molecule has 0 radical (unpaired) electrons. The van der Waals surface area contributed by atoms with Crippen LogP contribution in [0.4, 0.5) is 14.9 Å². The van der Waals surface area contributed by atoms with Crippen LogP contribution in [0, 0.1) is 11.7 Å². The van der Waals surface area contributed by atoms with Crippen LogP contribution in [0.5, 0.6) is 0 Å². The summed E-state index contributed by atoms with van der Waals surface area (Å²) in [6.45, 7) is 1.72. The number of rotatable bonds is 4. The average molecular weight is 388 g/mol. The fourth-order valence-corrected chi connectivity index (χ4v) is 2.80. The molecule has 0 bridgehead atoms. The Hall–Kier alpha value is -3.06. The molecule has 1 aliphatic heterocycles. The monoisotopic (exact) mass is 387 g/mol. The van der Waals surface area contributed by atoms with Crippen LogP contribution < -0.4 is 10.2 Å². The van der Waals surface area contributed by atoms with Gasteiger partial charge < -0.3 is 0 Å². The maximum atomic E-state index is 13.0. The first-order chi connectivity index (χ1) is 12.9. The normalized spacial score (nSPS) is 17.9. The molecule has 1 fully saturated rings. The zero-order valence-electron chi connectivity index (χ0n) is 14.3. The second-order valence-corrected chi connectivity index (χ2v) is 6.40. The molecule has 0 aromatic heterocycles. The highest BCUT2D eigenvalue weighted by Crippen LogP contribution is 2.23. The van der Waals surface area contributed by atoms with Gasteiger partial charge in [-0.3, -0.25) is 19.9 Å². The molecule has 6 nitrogen and oxygen atoms in total. The van der Waals surface area contributed by atoms with Crippen LogP contribution in [-0.2, 0) is 16.1 Å². The topological polar surface area (TPSA) is 78.8 Å². The number of halogens is 2. The lowest BCUT2D eigenvalue weighted by Gasteiger charge is -2.30. The number of urea groups is 1. The molecule has 8 heteroatoms. The summed E-state index contributed by atoms with van der Waals surface area (Å²) in [6, 6.07) is 11.0. The van der Waals surface area contributed by atoms with Gasteiger partial charge in [-0.05, 0) is 48.9 Å². The predicted molar refractivity (Wildman–Crippen MR) is 99.2 cm³/mol. The molecule has 138 valence electrons. The van der Waals surface area contributed by atoms with Gasteiger partial charge >= 0.3 is 6.03 Å². The van der Waals surface area contributed by atoms with Crippen LogP contribution >= 0.6 is 11.6 Å². The summed E-state index contributed by atoms with van der Waals surface area (Å²) in [6.07, 6.45) is 0. The van der Waals surface area contributed by atoms with Crippen LogP contribution in [0.25, 0.3) is 0 Å². The van der Waals surface area contributed by atoms with E-state index in [1.807, 2.05) is 0 Å². The third kappa shape index (κ3) is 4.03. The Morgan fingerprint density at radius 1 is 1.11 bits per heavy atom. The number of hydrogen-bond donors (Lipinski definition) is 1. The lowest BCUT2D eigenvalue weighted by molar-refractivity contribution is -0.131. The molecule has 1 unspecified atom stereocenters. The minimum atomic E-state index is -1.22. The third-order valence-corrected chi connectivity index (χ3v) is 4.34. The van der Waals surface area contributed by atoms with Gasteiger partial charge in [0.15, 0.2) is 5.92 Å². The van der Waals surface area contributed by atoms with Crippen LogP contribution in [0.3, 0.4) is 0 Å². The molecular weight excluding hydrogens is 373 g/mol. The molecule has 2 aromatic rings. The predicted octanol–water partition coefficient (Wildman–Crippen LogP) is 3.34. The molecular formula is C19H15ClFN3O3. The molecule has 4 amide bonds. The quantitative estimate of drug-likeness (QED) is 0.645. The Balaban J connectivity index is 1.84. The van der Waals surface area contributed by atoms with Gasteiger partial charge in [-0.2, -0.15) is 0 Å². The average Bonchev–Trinajstić information content (AvgIpc) is 2.62. The second-order valence-electron chi connectivity index (χ2n) is 5.96. The first-order valence-corrected chi connectivity index (χ1v) is 8.44. The number of barbiturate groups is 1. The number of amides is 4. The van der Waals surface area contributed by atoms with Gasteiger partial charge in [0, 0.05) is 10.7 Å². The maximum absolute atomic E-state index is 13.0. The molecule has 3 rings (SSSR count). The Kier molecular flexibility index (Phi) is 5.32. The first kappa shape index (κ1) is 18.7. The van der Waals surface area contributed by atoms with Crippen molar-refractivity contribution in [1.82, 2.24) is 5.32 Å². The Labute approximate surface area is 159 Å². The summed E-state index contributed by atoms with van der Waals surface area (Å²) in [7, 11) is 0. The maximum Gasteiger partial charge on any atom is 0.335 e. The van der Waals surface area contributed by atoms with E-state index in [2.05, 4.69) is 10.3 Å². The fourth-order valence-electron chi connectivity index (χ4n) is 2.67. The van der Waals surface area contributed by atoms with Crippen LogP contribution in [0.1, 0.15) is 12.5 Å². The van der Waals surface area contributed by atoms with Crippen molar-refractivity contribution < 1.29 is 18.8 Å². The Morgan fingerprint density at radius 2 is 1.74 bits per heavy atom. The Morgan fingerprint density at radius 3 is 2.37 bits per heavy atom. The van der Waals surface area contributed by atoms with E-state index in [1.165, 1.54) is 24.3 Å². The molecule has 1 heterocycles. The van der Waals surface area contributed by atoms with Gasteiger partial charge in [-0.15, -0.1) is 0 Å². The van der Waals surface area contributed by atoms with Crippen molar-refractivity contribution in [2.24, 2.45) is 10.9 Å². The smallest absolute Gasteiger partial charge is 0.288 e. The standard InChI is InChI=1S/C19H15ClFN3O3/c1-11(22-10-12-2-6-14(21)7-3-12)16-17(25)23-19(27)24(18(16)26)15-8-4-13(20)5-9-15/h2-9,16H,10H2,1H3,(H,23,25,27). The number of carbonyl (C=O) groups excluding carboxylic acids is 3. The Bertz CT molecular complexity index is 926. The van der Waals surface area contributed by atoms with Crippen LogP contribution in [0.2, 0.25) is 5.02 Å². The van der Waals surface area contributed by atoms with E-state index in [-0.39, 0.29) is 18.1 Å². The fraction of sp³-hybridized carbons (Fsp3) is 0.158. The number of benzene rings is 2. The zero-order valence-corrected chi connectivity index (χ0v) is 15.0. The van der Waals surface area contributed by atoms with Crippen molar-refractivity contribution in [2.45, 2.75) is 13.5 Å². The van der Waals surface area contributed by atoms with Crippen LogP contribution in [-0.4, -0.2) is 23.6 Å². The van der Waals surface area contributed by atoms with E-state index in [1.54, 1.807) is 31.2 Å². The van der Waals surface area contributed by atoms with Gasteiger partial charge in [-0.1, -0.05) is 23.7 Å². The lowest BCUT2D eigenvalue weighted by Crippen LogP contribution is -2.60. The number of imide groups is 2. The van der Waals surface area contributed by atoms with E-state index in [0.29, 0.717) is 10.7 Å². The molecule has 27 heavy (non-hydrogen) atoms. The molecule has 0 aliphatic carbocycles. The summed E-state index contributed by atoms with van der Waals surface area (Å²) in [5.41, 5.74) is 1.28. The SMILES string of the molecule is CC(=NCc1ccc(F)cc1)C1C(=O)NC(=O)N(c2ccc(Cl)cc2)C1=O. The van der Waals surface area contributed by atoms with E-state index in [0.717, 1.165) is 10.5 Å². The van der Waals surface area contributed by atoms with E-state index in [4.69, 9.17) is 11.6 Å². The van der Waals surface area contributed by atoms with Gasteiger partial charge in [-0.25, -0.2) is 14.1 Å². The van der Waals surface area contributed by atoms with E-state index >= 15 is 0 Å². The number of hydrogen-bond acceptors (Lipinski definition) is 4. The van der Waals surface area contributed by atoms with E-state index in [9.17, 15) is 18.8 Å². The van der Waals surface area contributed by atoms with Crippen molar-refractivity contribution >= 4 is 40.8 Å². The number of nitrogens with one attached hydrogen (secondary N) is 1. The van der Waals surface area contributed by atoms with Crippen molar-refractivity contribution in [2.75, 3.05) is 4.90 Å². The first-order valence-electron chi connectivity index (χ1n) is 8.06. The third-order valence-electron chi connectivity index (χ3n) is 4.09. The van der Waals surface area contributed by atoms with Crippen molar-refractivity contribution in [3.63, 3.8) is 0 Å². The second kappa shape index (κ2) is 7.67. The molecule has 1 aliphatic rings. The minimum absolute atomic E-state index is 0.179. The highest BCUT2D eigenvalue weighted by Gasteiger charge is 2.42. The van der Waals surface area contributed by atoms with Crippen molar-refractivity contribution in [3.8, 4) is 0 Å². The number of aliphatic imine (C=N–C) groups is 1. The molecule has 1 N–H and O–H groups in total. The molecule has 2 aromatic carbocycles. The largest absolute Gasteiger partial charge is 0.335 e. The number of nitrogens with zero attached hydrogens (tertiary/aromatic N) is 2. The summed E-state index contributed by atoms with van der Waals surface area (Å²) >= 11 is 5.83. The van der Waals surface area contributed by atoms with E-state index < -0.39 is 23.8 Å². The summed E-state index contributed by atoms with van der Waals surface area (Å²) in [5, 5.41) is 2.63. The summed E-state index contributed by atoms with van der Waals surface area (Å²) in [4.78, 5) is 42.3. The van der Waals surface area contributed by atoms with Gasteiger partial charge in [0.05, 0.1) is 12.2 Å². The molecule has 1 atom stereocenters. The number of carbonyl (C=O) groups is 3. The van der Waals surface area contributed by atoms with Gasteiger partial charge in [0.25, 0.3) is 5.91 Å².